The van der Waals surface area contributed by atoms with Crippen molar-refractivity contribution in [3.8, 4) is 0 Å². The van der Waals surface area contributed by atoms with Crippen LogP contribution in [0, 0.1) is 0 Å². The van der Waals surface area contributed by atoms with Crippen LogP contribution in [0.5, 0.6) is 0 Å². The standard InChI is InChI=1S/C16H14N4O2S2/c21-15(19-20-16(22)17-12-4-2-1-3-5-12)13-10-24-14(18-13)8-11-6-7-23-9-11/h1-7,9-10H,8H2,(H,19,21)(H2,17,20,22). The van der Waals surface area contributed by atoms with Gasteiger partial charge in [0.1, 0.15) is 5.69 Å². The molecule has 0 atom stereocenters. The maximum absolute atomic E-state index is 12.0. The maximum atomic E-state index is 12.0. The zero-order valence-electron chi connectivity index (χ0n) is 12.5. The number of nitrogens with zero attached hydrogens (tertiary/aromatic N) is 1. The van der Waals surface area contributed by atoms with Crippen molar-refractivity contribution in [2.75, 3.05) is 5.32 Å². The van der Waals surface area contributed by atoms with Gasteiger partial charge in [0.25, 0.3) is 5.91 Å². The molecule has 0 saturated heterocycles. The minimum absolute atomic E-state index is 0.283. The van der Waals surface area contributed by atoms with Crippen LogP contribution in [-0.4, -0.2) is 16.9 Å². The first-order valence-corrected chi connectivity index (χ1v) is 8.91. The fourth-order valence-electron chi connectivity index (χ4n) is 1.93. The molecule has 24 heavy (non-hydrogen) atoms. The molecule has 3 amide bonds. The van der Waals surface area contributed by atoms with Crippen LogP contribution in [0.1, 0.15) is 21.1 Å². The molecule has 3 rings (SSSR count). The molecule has 0 unspecified atom stereocenters. The minimum Gasteiger partial charge on any atom is -0.307 e. The van der Waals surface area contributed by atoms with Gasteiger partial charge in [0.2, 0.25) is 0 Å². The quantitative estimate of drug-likeness (QED) is 0.626. The highest BCUT2D eigenvalue weighted by Gasteiger charge is 2.12. The van der Waals surface area contributed by atoms with Gasteiger partial charge >= 0.3 is 6.03 Å². The fourth-order valence-corrected chi connectivity index (χ4v) is 3.40. The van der Waals surface area contributed by atoms with E-state index in [2.05, 4.69) is 26.5 Å². The third kappa shape index (κ3) is 4.40. The van der Waals surface area contributed by atoms with Crippen molar-refractivity contribution >= 4 is 40.3 Å². The van der Waals surface area contributed by atoms with Gasteiger partial charge in [0.15, 0.2) is 0 Å². The second-order valence-corrected chi connectivity index (χ2v) is 6.56. The van der Waals surface area contributed by atoms with Crippen molar-refractivity contribution in [2.45, 2.75) is 6.42 Å². The monoisotopic (exact) mass is 358 g/mol. The molecule has 0 spiro atoms. The Balaban J connectivity index is 1.50. The van der Waals surface area contributed by atoms with E-state index in [1.165, 1.54) is 16.9 Å². The molecule has 0 aliphatic rings. The summed E-state index contributed by atoms with van der Waals surface area (Å²) in [4.78, 5) is 28.0. The Morgan fingerprint density at radius 3 is 2.62 bits per heavy atom. The summed E-state index contributed by atoms with van der Waals surface area (Å²) in [6.45, 7) is 0. The van der Waals surface area contributed by atoms with Gasteiger partial charge < -0.3 is 5.32 Å². The number of para-hydroxylation sites is 1. The Bertz CT molecular complexity index is 816. The van der Waals surface area contributed by atoms with Gasteiger partial charge in [-0.3, -0.25) is 10.2 Å². The largest absolute Gasteiger partial charge is 0.337 e. The number of benzene rings is 1. The highest BCUT2D eigenvalue weighted by atomic mass is 32.1. The number of anilines is 1. The van der Waals surface area contributed by atoms with Crippen LogP contribution in [-0.2, 0) is 6.42 Å². The lowest BCUT2D eigenvalue weighted by molar-refractivity contribution is 0.0933. The van der Waals surface area contributed by atoms with Crippen molar-refractivity contribution in [3.63, 3.8) is 0 Å². The second-order valence-electron chi connectivity index (χ2n) is 4.83. The average Bonchev–Trinajstić information content (AvgIpc) is 3.26. The average molecular weight is 358 g/mol. The normalized spacial score (nSPS) is 10.2. The van der Waals surface area contributed by atoms with Crippen LogP contribution >= 0.6 is 22.7 Å². The van der Waals surface area contributed by atoms with E-state index in [9.17, 15) is 9.59 Å². The molecule has 1 aromatic carbocycles. The number of carbonyl (C=O) groups excluding carboxylic acids is 2. The zero-order chi connectivity index (χ0) is 16.8. The summed E-state index contributed by atoms with van der Waals surface area (Å²) >= 11 is 3.04. The van der Waals surface area contributed by atoms with Gasteiger partial charge in [0.05, 0.1) is 5.01 Å². The van der Waals surface area contributed by atoms with Gasteiger partial charge in [-0.2, -0.15) is 11.3 Å². The van der Waals surface area contributed by atoms with E-state index in [1.807, 2.05) is 17.5 Å². The molecule has 3 N–H and O–H groups in total. The molecule has 0 radical (unpaired) electrons. The molecule has 0 bridgehead atoms. The number of nitrogens with one attached hydrogen (secondary N) is 3. The molecule has 6 nitrogen and oxygen atoms in total. The molecule has 3 aromatic rings. The topological polar surface area (TPSA) is 83.1 Å². The number of urea groups is 1. The summed E-state index contributed by atoms with van der Waals surface area (Å²) in [6, 6.07) is 10.5. The first-order chi connectivity index (χ1) is 11.7. The van der Waals surface area contributed by atoms with Crippen LogP contribution in [0.15, 0.2) is 52.5 Å². The summed E-state index contributed by atoms with van der Waals surface area (Å²) in [5, 5.41) is 9.19. The predicted molar refractivity (Wildman–Crippen MR) is 95.3 cm³/mol. The summed E-state index contributed by atoms with van der Waals surface area (Å²) in [5.41, 5.74) is 6.72. The van der Waals surface area contributed by atoms with E-state index in [0.29, 0.717) is 12.1 Å². The number of hydrogen-bond acceptors (Lipinski definition) is 5. The van der Waals surface area contributed by atoms with Crippen molar-refractivity contribution in [1.82, 2.24) is 15.8 Å². The molecule has 8 heteroatoms. The van der Waals surface area contributed by atoms with E-state index >= 15 is 0 Å². The van der Waals surface area contributed by atoms with Gasteiger partial charge in [-0.05, 0) is 34.5 Å². The van der Waals surface area contributed by atoms with E-state index < -0.39 is 11.9 Å². The molecule has 0 saturated carbocycles. The number of aromatic nitrogens is 1. The lowest BCUT2D eigenvalue weighted by Gasteiger charge is -2.07. The third-order valence-electron chi connectivity index (χ3n) is 3.04. The molecule has 2 aromatic heterocycles. The molecule has 0 fully saturated rings. The second kappa shape index (κ2) is 7.71. The number of thiophene rings is 1. The molecule has 0 aliphatic carbocycles. The van der Waals surface area contributed by atoms with Crippen LogP contribution in [0.3, 0.4) is 0 Å². The molecular formula is C16H14N4O2S2. The first kappa shape index (κ1) is 16.2. The van der Waals surface area contributed by atoms with Crippen LogP contribution in [0.25, 0.3) is 0 Å². The summed E-state index contributed by atoms with van der Waals surface area (Å²) in [7, 11) is 0. The van der Waals surface area contributed by atoms with Crippen molar-refractivity contribution in [1.29, 1.82) is 0 Å². The summed E-state index contributed by atoms with van der Waals surface area (Å²) in [6.07, 6.45) is 0.698. The van der Waals surface area contributed by atoms with Gasteiger partial charge in [-0.25, -0.2) is 15.2 Å². The summed E-state index contributed by atoms with van der Waals surface area (Å²) in [5.74, 6) is -0.453. The van der Waals surface area contributed by atoms with E-state index in [1.54, 1.807) is 41.0 Å². The zero-order valence-corrected chi connectivity index (χ0v) is 14.1. The number of carbonyl (C=O) groups is 2. The Morgan fingerprint density at radius 2 is 1.88 bits per heavy atom. The number of thiazole rings is 1. The molecule has 122 valence electrons. The Hall–Kier alpha value is -2.71. The predicted octanol–water partition coefficient (Wildman–Crippen LogP) is 3.26. The molecular weight excluding hydrogens is 344 g/mol. The summed E-state index contributed by atoms with van der Waals surface area (Å²) < 4.78 is 0. The number of hydrogen-bond donors (Lipinski definition) is 3. The number of amides is 3. The Kier molecular flexibility index (Phi) is 5.19. The van der Waals surface area contributed by atoms with E-state index in [-0.39, 0.29) is 5.69 Å². The minimum atomic E-state index is -0.525. The fraction of sp³-hybridized carbons (Fsp3) is 0.0625. The van der Waals surface area contributed by atoms with Gasteiger partial charge in [-0.1, -0.05) is 18.2 Å². The Labute approximate surface area is 146 Å². The number of hydrazine groups is 1. The van der Waals surface area contributed by atoms with E-state index in [4.69, 9.17) is 0 Å². The number of rotatable bonds is 4. The lowest BCUT2D eigenvalue weighted by Crippen LogP contribution is -2.44. The van der Waals surface area contributed by atoms with Gasteiger partial charge in [-0.15, -0.1) is 11.3 Å². The highest BCUT2D eigenvalue weighted by molar-refractivity contribution is 7.10. The van der Waals surface area contributed by atoms with Crippen LogP contribution < -0.4 is 16.2 Å². The highest BCUT2D eigenvalue weighted by Crippen LogP contribution is 2.16. The first-order valence-electron chi connectivity index (χ1n) is 7.08. The lowest BCUT2D eigenvalue weighted by atomic mass is 10.2. The Morgan fingerprint density at radius 1 is 1.04 bits per heavy atom. The maximum Gasteiger partial charge on any atom is 0.337 e. The van der Waals surface area contributed by atoms with Gasteiger partial charge in [0, 0.05) is 17.5 Å². The molecule has 2 heterocycles. The van der Waals surface area contributed by atoms with Crippen molar-refractivity contribution < 1.29 is 9.59 Å². The van der Waals surface area contributed by atoms with Crippen LogP contribution in [0.2, 0.25) is 0 Å². The van der Waals surface area contributed by atoms with E-state index in [0.717, 1.165) is 5.01 Å². The van der Waals surface area contributed by atoms with Crippen LogP contribution in [0.4, 0.5) is 10.5 Å². The van der Waals surface area contributed by atoms with Crippen molar-refractivity contribution in [2.24, 2.45) is 0 Å². The molecule has 0 aliphatic heterocycles. The third-order valence-corrected chi connectivity index (χ3v) is 4.62. The smallest absolute Gasteiger partial charge is 0.307 e. The SMILES string of the molecule is O=C(NNC(=O)c1csc(Cc2ccsc2)n1)Nc1ccccc1. The van der Waals surface area contributed by atoms with Crippen molar-refractivity contribution in [3.05, 3.63) is 68.8 Å².